The highest BCUT2D eigenvalue weighted by molar-refractivity contribution is 5.95. The molecule has 1 aromatic rings. The lowest BCUT2D eigenvalue weighted by Gasteiger charge is -2.36. The number of piperidine rings is 1. The molecule has 1 saturated carbocycles. The molecule has 0 aromatic heterocycles. The summed E-state index contributed by atoms with van der Waals surface area (Å²) in [5.41, 5.74) is -3.53. The summed E-state index contributed by atoms with van der Waals surface area (Å²) in [6.45, 7) is 4.47. The van der Waals surface area contributed by atoms with Gasteiger partial charge in [-0.25, -0.2) is 0 Å². The molecule has 2 amide bonds. The molecule has 33 heavy (non-hydrogen) atoms. The monoisotopic (exact) mass is 478 g/mol. The first-order chi connectivity index (χ1) is 15.2. The zero-order chi connectivity index (χ0) is 24.6. The Hall–Kier alpha value is -2.26. The molecule has 0 radical (unpaired) electrons. The van der Waals surface area contributed by atoms with Crippen molar-refractivity contribution in [2.24, 2.45) is 11.3 Å². The van der Waals surface area contributed by atoms with Crippen LogP contribution in [0.5, 0.6) is 0 Å². The van der Waals surface area contributed by atoms with Crippen LogP contribution in [0.15, 0.2) is 18.2 Å². The van der Waals surface area contributed by atoms with E-state index in [4.69, 9.17) is 0 Å². The number of likely N-dealkylation sites (tertiary alicyclic amines) is 1. The van der Waals surface area contributed by atoms with E-state index in [9.17, 15) is 35.9 Å². The van der Waals surface area contributed by atoms with Gasteiger partial charge >= 0.3 is 12.4 Å². The summed E-state index contributed by atoms with van der Waals surface area (Å²) in [6.07, 6.45) is -5.48. The Morgan fingerprint density at radius 3 is 2.00 bits per heavy atom. The van der Waals surface area contributed by atoms with Gasteiger partial charge in [-0.2, -0.15) is 26.3 Å². The van der Waals surface area contributed by atoms with E-state index in [1.54, 1.807) is 0 Å². The quantitative estimate of drug-likeness (QED) is 0.570. The predicted octanol–water partition coefficient (Wildman–Crippen LogP) is 5.66. The van der Waals surface area contributed by atoms with Crippen molar-refractivity contribution < 1.29 is 35.9 Å². The number of hydrogen-bond acceptors (Lipinski definition) is 2. The fourth-order valence-corrected chi connectivity index (χ4v) is 4.50. The fraction of sp³-hybridized carbons (Fsp3) is 0.652. The van der Waals surface area contributed by atoms with Gasteiger partial charge in [0.2, 0.25) is 5.91 Å². The van der Waals surface area contributed by atoms with Crippen LogP contribution in [-0.4, -0.2) is 35.8 Å². The minimum absolute atomic E-state index is 0.00527. The summed E-state index contributed by atoms with van der Waals surface area (Å²) in [5.74, 6) is -1.72. The molecule has 2 aliphatic rings. The minimum Gasteiger partial charge on any atom is -0.353 e. The maximum Gasteiger partial charge on any atom is 0.416 e. The summed E-state index contributed by atoms with van der Waals surface area (Å²) < 4.78 is 78.8. The van der Waals surface area contributed by atoms with Crippen molar-refractivity contribution in [2.45, 2.75) is 70.8 Å². The van der Waals surface area contributed by atoms with Gasteiger partial charge in [-0.05, 0) is 62.1 Å². The SMILES string of the molecule is CC1(C)CCC(NC(=O)C2CCCN(C(=O)c3cc(C(F)(F)F)cc(C(F)(F)F)c3)C2)CC1. The topological polar surface area (TPSA) is 49.4 Å². The van der Waals surface area contributed by atoms with Crippen molar-refractivity contribution in [1.82, 2.24) is 10.2 Å². The lowest BCUT2D eigenvalue weighted by atomic mass is 9.75. The third-order valence-corrected chi connectivity index (χ3v) is 6.60. The van der Waals surface area contributed by atoms with E-state index in [2.05, 4.69) is 19.2 Å². The molecule has 1 heterocycles. The molecule has 0 bridgehead atoms. The Balaban J connectivity index is 1.72. The van der Waals surface area contributed by atoms with E-state index in [1.165, 1.54) is 4.90 Å². The lowest BCUT2D eigenvalue weighted by molar-refractivity contribution is -0.143. The van der Waals surface area contributed by atoms with E-state index in [0.29, 0.717) is 25.0 Å². The van der Waals surface area contributed by atoms with Gasteiger partial charge in [-0.1, -0.05) is 13.8 Å². The minimum atomic E-state index is -5.03. The van der Waals surface area contributed by atoms with E-state index >= 15 is 0 Å². The average Bonchev–Trinajstić information content (AvgIpc) is 2.73. The van der Waals surface area contributed by atoms with Crippen LogP contribution in [0.25, 0.3) is 0 Å². The number of rotatable bonds is 3. The van der Waals surface area contributed by atoms with Crippen molar-refractivity contribution in [2.75, 3.05) is 13.1 Å². The van der Waals surface area contributed by atoms with Crippen LogP contribution in [-0.2, 0) is 17.1 Å². The predicted molar refractivity (Wildman–Crippen MR) is 109 cm³/mol. The van der Waals surface area contributed by atoms with Crippen molar-refractivity contribution >= 4 is 11.8 Å². The summed E-state index contributed by atoms with van der Waals surface area (Å²) in [5, 5.41) is 3.01. The highest BCUT2D eigenvalue weighted by atomic mass is 19.4. The second-order valence-corrected chi connectivity index (χ2v) is 9.83. The van der Waals surface area contributed by atoms with Gasteiger partial charge in [0.1, 0.15) is 0 Å². The largest absolute Gasteiger partial charge is 0.416 e. The van der Waals surface area contributed by atoms with Crippen LogP contribution >= 0.6 is 0 Å². The van der Waals surface area contributed by atoms with Crippen LogP contribution in [0.1, 0.15) is 73.9 Å². The van der Waals surface area contributed by atoms with Crippen molar-refractivity contribution in [3.05, 3.63) is 34.9 Å². The first kappa shape index (κ1) is 25.4. The molecule has 1 unspecified atom stereocenters. The van der Waals surface area contributed by atoms with Gasteiger partial charge in [0, 0.05) is 24.7 Å². The molecule has 3 rings (SSSR count). The van der Waals surface area contributed by atoms with Gasteiger partial charge in [0.15, 0.2) is 0 Å². The van der Waals surface area contributed by atoms with Crippen LogP contribution < -0.4 is 5.32 Å². The molecule has 1 atom stereocenters. The molecule has 0 spiro atoms. The molecule has 1 aromatic carbocycles. The van der Waals surface area contributed by atoms with Gasteiger partial charge in [0.25, 0.3) is 5.91 Å². The van der Waals surface area contributed by atoms with Crippen molar-refractivity contribution in [3.63, 3.8) is 0 Å². The molecule has 1 aliphatic carbocycles. The summed E-state index contributed by atoms with van der Waals surface area (Å²) >= 11 is 0. The second-order valence-electron chi connectivity index (χ2n) is 9.83. The zero-order valence-electron chi connectivity index (χ0n) is 18.6. The molecular weight excluding hydrogens is 450 g/mol. The van der Waals surface area contributed by atoms with Gasteiger partial charge in [-0.15, -0.1) is 0 Å². The molecule has 10 heteroatoms. The number of alkyl halides is 6. The Labute approximate surface area is 188 Å². The smallest absolute Gasteiger partial charge is 0.353 e. The van der Waals surface area contributed by atoms with Crippen molar-refractivity contribution in [3.8, 4) is 0 Å². The normalized spacial score (nSPS) is 22.2. The zero-order valence-corrected chi connectivity index (χ0v) is 18.6. The summed E-state index contributed by atoms with van der Waals surface area (Å²) in [7, 11) is 0. The van der Waals surface area contributed by atoms with E-state index in [0.717, 1.165) is 25.7 Å². The van der Waals surface area contributed by atoms with Gasteiger partial charge in [0.05, 0.1) is 17.0 Å². The molecule has 1 saturated heterocycles. The first-order valence-corrected chi connectivity index (χ1v) is 11.0. The molecule has 1 aliphatic heterocycles. The summed E-state index contributed by atoms with van der Waals surface area (Å²) in [4.78, 5) is 26.8. The maximum absolute atomic E-state index is 13.1. The number of carbonyl (C=O) groups is 2. The Morgan fingerprint density at radius 2 is 1.48 bits per heavy atom. The van der Waals surface area contributed by atoms with Gasteiger partial charge in [-0.3, -0.25) is 9.59 Å². The van der Waals surface area contributed by atoms with E-state index in [-0.39, 0.29) is 36.5 Å². The highest BCUT2D eigenvalue weighted by Crippen LogP contribution is 2.37. The lowest BCUT2D eigenvalue weighted by Crippen LogP contribution is -2.48. The Morgan fingerprint density at radius 1 is 0.939 bits per heavy atom. The van der Waals surface area contributed by atoms with Crippen LogP contribution in [0.3, 0.4) is 0 Å². The Kier molecular flexibility index (Phi) is 7.05. The standard InChI is InChI=1S/C23H28F6N2O2/c1-21(2)7-5-18(6-8-21)30-19(32)14-4-3-9-31(13-14)20(33)15-10-16(22(24,25)26)12-17(11-15)23(27,28)29/h10-12,14,18H,3-9,13H2,1-2H3,(H,30,32). The number of carbonyl (C=O) groups excluding carboxylic acids is 2. The number of benzene rings is 1. The molecule has 2 fully saturated rings. The number of nitrogens with one attached hydrogen (secondary N) is 1. The number of nitrogens with zero attached hydrogens (tertiary/aromatic N) is 1. The van der Waals surface area contributed by atoms with E-state index < -0.39 is 40.9 Å². The van der Waals surface area contributed by atoms with Crippen LogP contribution in [0, 0.1) is 11.3 Å². The van der Waals surface area contributed by atoms with Crippen LogP contribution in [0.4, 0.5) is 26.3 Å². The number of halogens is 6. The maximum atomic E-state index is 13.1. The fourth-order valence-electron chi connectivity index (χ4n) is 4.50. The Bertz CT molecular complexity index is 852. The molecule has 1 N–H and O–H groups in total. The van der Waals surface area contributed by atoms with Gasteiger partial charge < -0.3 is 10.2 Å². The van der Waals surface area contributed by atoms with Crippen molar-refractivity contribution in [1.29, 1.82) is 0 Å². The highest BCUT2D eigenvalue weighted by Gasteiger charge is 2.39. The number of hydrogen-bond donors (Lipinski definition) is 1. The summed E-state index contributed by atoms with van der Waals surface area (Å²) in [6, 6.07) is 0.902. The van der Waals surface area contributed by atoms with Crippen LogP contribution in [0.2, 0.25) is 0 Å². The first-order valence-electron chi connectivity index (χ1n) is 11.0. The molecular formula is C23H28F6N2O2. The average molecular weight is 478 g/mol. The molecule has 4 nitrogen and oxygen atoms in total. The third-order valence-electron chi connectivity index (χ3n) is 6.60. The number of amides is 2. The second kappa shape index (κ2) is 9.18. The third kappa shape index (κ3) is 6.41. The van der Waals surface area contributed by atoms with E-state index in [1.807, 2.05) is 0 Å². The molecule has 184 valence electrons.